The van der Waals surface area contributed by atoms with Crippen molar-refractivity contribution in [3.05, 3.63) is 53.3 Å². The molecule has 3 aromatic rings. The third-order valence-corrected chi connectivity index (χ3v) is 5.86. The maximum absolute atomic E-state index is 5.99. The minimum atomic E-state index is 0.420. The van der Waals surface area contributed by atoms with Crippen LogP contribution in [0, 0.1) is 5.92 Å². The van der Waals surface area contributed by atoms with Gasteiger partial charge in [-0.25, -0.2) is 4.98 Å². The number of halogens is 1. The van der Waals surface area contributed by atoms with Crippen LogP contribution in [0.5, 0.6) is 11.5 Å². The van der Waals surface area contributed by atoms with Gasteiger partial charge in [-0.15, -0.1) is 0 Å². The molecule has 1 atom stereocenters. The molecule has 1 saturated heterocycles. The molecule has 5 nitrogen and oxygen atoms in total. The van der Waals surface area contributed by atoms with E-state index in [1.165, 1.54) is 19.3 Å². The lowest BCUT2D eigenvalue weighted by Crippen LogP contribution is -2.29. The standard InChI is InChI=1S/C23H28ClN3O2/c1-28-20-10-11-22-21(14-20)26-23(16-29-19-8-6-18(24)7-9-19)27(22)13-3-5-17-4-2-12-25-15-17/h6-11,14,17,25H,2-5,12-13,15-16H2,1H3. The molecule has 0 spiro atoms. The maximum atomic E-state index is 5.99. The number of piperidine rings is 1. The first-order chi connectivity index (χ1) is 14.2. The summed E-state index contributed by atoms with van der Waals surface area (Å²) < 4.78 is 13.7. The number of hydrogen-bond acceptors (Lipinski definition) is 4. The quantitative estimate of drug-likeness (QED) is 0.561. The number of nitrogens with zero attached hydrogens (tertiary/aromatic N) is 2. The van der Waals surface area contributed by atoms with E-state index in [1.807, 2.05) is 36.4 Å². The second kappa shape index (κ2) is 9.51. The Hall–Kier alpha value is -2.24. The van der Waals surface area contributed by atoms with Crippen molar-refractivity contribution >= 4 is 22.6 Å². The zero-order valence-corrected chi connectivity index (χ0v) is 17.6. The number of methoxy groups -OCH3 is 1. The third-order valence-electron chi connectivity index (χ3n) is 5.61. The lowest BCUT2D eigenvalue weighted by Gasteiger charge is -2.22. The largest absolute Gasteiger partial charge is 0.497 e. The Morgan fingerprint density at radius 1 is 1.17 bits per heavy atom. The van der Waals surface area contributed by atoms with E-state index < -0.39 is 0 Å². The van der Waals surface area contributed by atoms with Crippen molar-refractivity contribution in [2.75, 3.05) is 20.2 Å². The van der Waals surface area contributed by atoms with Crippen LogP contribution < -0.4 is 14.8 Å². The van der Waals surface area contributed by atoms with E-state index in [9.17, 15) is 0 Å². The molecule has 0 bridgehead atoms. The lowest BCUT2D eigenvalue weighted by atomic mass is 9.95. The number of rotatable bonds is 8. The highest BCUT2D eigenvalue weighted by Gasteiger charge is 2.15. The average Bonchev–Trinajstić information content (AvgIpc) is 3.10. The molecule has 1 N–H and O–H groups in total. The Morgan fingerprint density at radius 2 is 2.00 bits per heavy atom. The van der Waals surface area contributed by atoms with Crippen LogP contribution in [-0.2, 0) is 13.2 Å². The van der Waals surface area contributed by atoms with Crippen LogP contribution in [0.1, 0.15) is 31.5 Å². The molecule has 1 fully saturated rings. The molecule has 4 rings (SSSR count). The molecule has 0 amide bonds. The van der Waals surface area contributed by atoms with E-state index >= 15 is 0 Å². The molecule has 2 aromatic carbocycles. The Morgan fingerprint density at radius 3 is 2.76 bits per heavy atom. The highest BCUT2D eigenvalue weighted by atomic mass is 35.5. The van der Waals surface area contributed by atoms with Crippen LogP contribution in [0.25, 0.3) is 11.0 Å². The topological polar surface area (TPSA) is 48.3 Å². The predicted octanol–water partition coefficient (Wildman–Crippen LogP) is 5.06. The number of fused-ring (bicyclic) bond motifs is 1. The highest BCUT2D eigenvalue weighted by molar-refractivity contribution is 6.30. The first-order valence-electron chi connectivity index (χ1n) is 10.3. The SMILES string of the molecule is COc1ccc2c(c1)nc(COc1ccc(Cl)cc1)n2CCCC1CCCNC1. The van der Waals surface area contributed by atoms with Gasteiger partial charge in [0.2, 0.25) is 0 Å². The van der Waals surface area contributed by atoms with Gasteiger partial charge in [0.1, 0.15) is 23.9 Å². The zero-order chi connectivity index (χ0) is 20.1. The molecule has 154 valence electrons. The fourth-order valence-corrected chi connectivity index (χ4v) is 4.16. The fourth-order valence-electron chi connectivity index (χ4n) is 4.03. The first kappa shape index (κ1) is 20.0. The van der Waals surface area contributed by atoms with Crippen LogP contribution >= 0.6 is 11.6 Å². The van der Waals surface area contributed by atoms with E-state index in [4.69, 9.17) is 26.1 Å². The number of aromatic nitrogens is 2. The van der Waals surface area contributed by atoms with Gasteiger partial charge in [0.25, 0.3) is 0 Å². The van der Waals surface area contributed by atoms with E-state index in [2.05, 4.69) is 16.0 Å². The third kappa shape index (κ3) is 5.03. The van der Waals surface area contributed by atoms with Gasteiger partial charge >= 0.3 is 0 Å². The van der Waals surface area contributed by atoms with Crippen LogP contribution in [0.4, 0.5) is 0 Å². The van der Waals surface area contributed by atoms with E-state index in [0.29, 0.717) is 11.6 Å². The Labute approximate surface area is 177 Å². The molecule has 6 heteroatoms. The molecule has 1 aliphatic heterocycles. The summed E-state index contributed by atoms with van der Waals surface area (Å²) in [7, 11) is 1.68. The number of aryl methyl sites for hydroxylation is 1. The summed E-state index contributed by atoms with van der Waals surface area (Å²) in [5, 5.41) is 4.21. The van der Waals surface area contributed by atoms with E-state index in [-0.39, 0.29) is 0 Å². The molecule has 1 aliphatic rings. The molecule has 0 aliphatic carbocycles. The van der Waals surface area contributed by atoms with Crippen LogP contribution in [0.3, 0.4) is 0 Å². The van der Waals surface area contributed by atoms with Crippen molar-refractivity contribution in [2.45, 2.75) is 38.8 Å². The Bertz CT molecular complexity index is 933. The molecular formula is C23H28ClN3O2. The van der Waals surface area contributed by atoms with E-state index in [0.717, 1.165) is 60.3 Å². The normalized spacial score (nSPS) is 16.8. The van der Waals surface area contributed by atoms with Gasteiger partial charge in [0.15, 0.2) is 0 Å². The van der Waals surface area contributed by atoms with Crippen molar-refractivity contribution in [1.82, 2.24) is 14.9 Å². The number of nitrogens with one attached hydrogen (secondary N) is 1. The van der Waals surface area contributed by atoms with Crippen LogP contribution in [0.2, 0.25) is 5.02 Å². The van der Waals surface area contributed by atoms with Crippen LogP contribution in [-0.4, -0.2) is 29.8 Å². The monoisotopic (exact) mass is 413 g/mol. The van der Waals surface area contributed by atoms with Crippen LogP contribution in [0.15, 0.2) is 42.5 Å². The minimum absolute atomic E-state index is 0.420. The lowest BCUT2D eigenvalue weighted by molar-refractivity contribution is 0.287. The molecule has 0 radical (unpaired) electrons. The summed E-state index contributed by atoms with van der Waals surface area (Å²) in [5.41, 5.74) is 2.07. The fraction of sp³-hybridized carbons (Fsp3) is 0.435. The predicted molar refractivity (Wildman–Crippen MR) is 117 cm³/mol. The Kier molecular flexibility index (Phi) is 6.57. The van der Waals surface area contributed by atoms with Gasteiger partial charge in [-0.3, -0.25) is 0 Å². The molecule has 29 heavy (non-hydrogen) atoms. The second-order valence-electron chi connectivity index (χ2n) is 7.63. The first-order valence-corrected chi connectivity index (χ1v) is 10.7. The second-order valence-corrected chi connectivity index (χ2v) is 8.07. The number of hydrogen-bond donors (Lipinski definition) is 1. The van der Waals surface area contributed by atoms with Gasteiger partial charge < -0.3 is 19.4 Å². The maximum Gasteiger partial charge on any atom is 0.148 e. The molecule has 1 aromatic heterocycles. The van der Waals surface area contributed by atoms with Gasteiger partial charge in [0.05, 0.1) is 18.1 Å². The summed E-state index contributed by atoms with van der Waals surface area (Å²) in [6.45, 7) is 3.67. The van der Waals surface area contributed by atoms with Crippen molar-refractivity contribution in [3.8, 4) is 11.5 Å². The van der Waals surface area contributed by atoms with Crippen molar-refractivity contribution < 1.29 is 9.47 Å². The Balaban J connectivity index is 1.50. The summed E-state index contributed by atoms with van der Waals surface area (Å²) in [6.07, 6.45) is 5.00. The van der Waals surface area contributed by atoms with E-state index in [1.54, 1.807) is 7.11 Å². The zero-order valence-electron chi connectivity index (χ0n) is 16.9. The number of imidazole rings is 1. The highest BCUT2D eigenvalue weighted by Crippen LogP contribution is 2.25. The summed E-state index contributed by atoms with van der Waals surface area (Å²) in [5.74, 6) is 3.33. The van der Waals surface area contributed by atoms with Crippen molar-refractivity contribution in [1.29, 1.82) is 0 Å². The number of benzene rings is 2. The van der Waals surface area contributed by atoms with Gasteiger partial charge in [0, 0.05) is 17.6 Å². The van der Waals surface area contributed by atoms with Crippen molar-refractivity contribution in [2.24, 2.45) is 5.92 Å². The summed E-state index contributed by atoms with van der Waals surface area (Å²) in [6, 6.07) is 13.5. The smallest absolute Gasteiger partial charge is 0.148 e. The molecule has 0 saturated carbocycles. The molecule has 1 unspecified atom stereocenters. The number of ether oxygens (including phenoxy) is 2. The molecule has 2 heterocycles. The molecular weight excluding hydrogens is 386 g/mol. The minimum Gasteiger partial charge on any atom is -0.497 e. The van der Waals surface area contributed by atoms with Gasteiger partial charge in [-0.05, 0) is 81.1 Å². The summed E-state index contributed by atoms with van der Waals surface area (Å²) in [4.78, 5) is 4.84. The van der Waals surface area contributed by atoms with Gasteiger partial charge in [-0.1, -0.05) is 11.6 Å². The van der Waals surface area contributed by atoms with Gasteiger partial charge in [-0.2, -0.15) is 0 Å². The van der Waals surface area contributed by atoms with Crippen molar-refractivity contribution in [3.63, 3.8) is 0 Å². The summed E-state index contributed by atoms with van der Waals surface area (Å²) >= 11 is 5.97. The average molecular weight is 414 g/mol.